The third kappa shape index (κ3) is 7.44. The highest BCUT2D eigenvalue weighted by atomic mass is 32.2. The fraction of sp³-hybridized carbons (Fsp3) is 0.467. The SMILES string of the molecule is COc1ccc2ncc(N(C)C)c([C@@H](O)CCC3(CC(=O)O)CCN(CCSc4cc(F)c(F)c(F)c4)CC3)c2c1. The molecule has 0 amide bonds. The number of piperidine rings is 1. The third-order valence-electron chi connectivity index (χ3n) is 7.94. The molecule has 2 heterocycles. The smallest absolute Gasteiger partial charge is 0.303 e. The Kier molecular flexibility index (Phi) is 10.0. The van der Waals surface area contributed by atoms with Crippen molar-refractivity contribution in [3.8, 4) is 5.75 Å². The number of hydrogen-bond donors (Lipinski definition) is 2. The molecular formula is C30H36F3N3O4S. The first-order valence-electron chi connectivity index (χ1n) is 13.6. The average Bonchev–Trinajstić information content (AvgIpc) is 2.94. The van der Waals surface area contributed by atoms with Gasteiger partial charge in [0.2, 0.25) is 0 Å². The van der Waals surface area contributed by atoms with E-state index >= 15 is 0 Å². The van der Waals surface area contributed by atoms with Crippen molar-refractivity contribution in [3.63, 3.8) is 0 Å². The predicted octanol–water partition coefficient (Wildman–Crippen LogP) is 5.89. The Bertz CT molecular complexity index is 1360. The lowest BCUT2D eigenvalue weighted by atomic mass is 9.71. The third-order valence-corrected chi connectivity index (χ3v) is 8.89. The number of likely N-dealkylation sites (tertiary alicyclic amines) is 1. The second kappa shape index (κ2) is 13.3. The van der Waals surface area contributed by atoms with Crippen LogP contribution in [0.25, 0.3) is 10.9 Å². The second-order valence-electron chi connectivity index (χ2n) is 10.9. The molecule has 41 heavy (non-hydrogen) atoms. The van der Waals surface area contributed by atoms with Crippen LogP contribution in [-0.4, -0.2) is 72.7 Å². The summed E-state index contributed by atoms with van der Waals surface area (Å²) < 4.78 is 45.6. The Balaban J connectivity index is 1.42. The summed E-state index contributed by atoms with van der Waals surface area (Å²) in [6.07, 6.45) is 3.17. The zero-order valence-corrected chi connectivity index (χ0v) is 24.3. The number of aromatic nitrogens is 1. The van der Waals surface area contributed by atoms with Gasteiger partial charge in [0.15, 0.2) is 17.5 Å². The Morgan fingerprint density at radius 2 is 1.85 bits per heavy atom. The van der Waals surface area contributed by atoms with E-state index in [9.17, 15) is 28.2 Å². The number of carboxylic acids is 1. The molecule has 7 nitrogen and oxygen atoms in total. The number of aliphatic carboxylic acids is 1. The molecular weight excluding hydrogens is 555 g/mol. The molecule has 3 aromatic rings. The summed E-state index contributed by atoms with van der Waals surface area (Å²) >= 11 is 1.25. The van der Waals surface area contributed by atoms with Crippen molar-refractivity contribution < 1.29 is 32.9 Å². The zero-order valence-electron chi connectivity index (χ0n) is 23.5. The average molecular weight is 592 g/mol. The lowest BCUT2D eigenvalue weighted by Gasteiger charge is -2.41. The Morgan fingerprint density at radius 1 is 1.17 bits per heavy atom. The number of carboxylic acid groups (broad SMARTS) is 1. The van der Waals surface area contributed by atoms with Gasteiger partial charge >= 0.3 is 5.97 Å². The molecule has 0 bridgehead atoms. The molecule has 11 heteroatoms. The van der Waals surface area contributed by atoms with Gasteiger partial charge in [0.1, 0.15) is 5.75 Å². The van der Waals surface area contributed by atoms with E-state index in [1.54, 1.807) is 13.3 Å². The number of thioether (sulfide) groups is 1. The molecule has 0 saturated carbocycles. The van der Waals surface area contributed by atoms with Crippen molar-refractivity contribution in [1.29, 1.82) is 0 Å². The highest BCUT2D eigenvalue weighted by molar-refractivity contribution is 7.99. The number of hydrogen-bond acceptors (Lipinski definition) is 7. The standard InChI is InChI=1S/C30H36F3N3O4S/c1-35(2)25-18-34-24-5-4-19(40-3)14-21(24)28(25)26(37)6-7-30(17-27(38)39)8-10-36(11-9-30)12-13-41-20-15-22(31)29(33)23(32)16-20/h4-5,14-16,18,26,37H,6-13,17H2,1-3H3,(H,38,39)/t26-/m0/s1. The number of methoxy groups -OCH3 is 1. The van der Waals surface area contributed by atoms with Crippen LogP contribution in [0, 0.1) is 22.9 Å². The van der Waals surface area contributed by atoms with Gasteiger partial charge in [-0.3, -0.25) is 9.78 Å². The number of halogens is 3. The van der Waals surface area contributed by atoms with Crippen molar-refractivity contribution in [2.24, 2.45) is 5.41 Å². The lowest BCUT2D eigenvalue weighted by molar-refractivity contribution is -0.141. The summed E-state index contributed by atoms with van der Waals surface area (Å²) in [6.45, 7) is 2.00. The summed E-state index contributed by atoms with van der Waals surface area (Å²) in [5.74, 6) is -3.53. The minimum Gasteiger partial charge on any atom is -0.497 e. The molecule has 1 aliphatic heterocycles. The van der Waals surface area contributed by atoms with E-state index in [4.69, 9.17) is 4.74 Å². The van der Waals surface area contributed by atoms with Gasteiger partial charge in [-0.15, -0.1) is 11.8 Å². The first-order valence-corrected chi connectivity index (χ1v) is 14.5. The van der Waals surface area contributed by atoms with Crippen molar-refractivity contribution in [2.75, 3.05) is 51.5 Å². The molecule has 2 N–H and O–H groups in total. The van der Waals surface area contributed by atoms with Gasteiger partial charge in [-0.1, -0.05) is 0 Å². The van der Waals surface area contributed by atoms with Gasteiger partial charge in [0.25, 0.3) is 0 Å². The highest BCUT2D eigenvalue weighted by Crippen LogP contribution is 2.43. The summed E-state index contributed by atoms with van der Waals surface area (Å²) in [4.78, 5) is 20.8. The fourth-order valence-corrected chi connectivity index (χ4v) is 6.56. The van der Waals surface area contributed by atoms with E-state index < -0.39 is 34.9 Å². The molecule has 222 valence electrons. The first kappa shape index (κ1) is 30.9. The summed E-state index contributed by atoms with van der Waals surface area (Å²) in [7, 11) is 5.37. The number of aliphatic hydroxyl groups is 1. The van der Waals surface area contributed by atoms with E-state index in [0.29, 0.717) is 61.7 Å². The molecule has 1 aliphatic rings. The van der Waals surface area contributed by atoms with Gasteiger partial charge in [-0.05, 0) is 74.5 Å². The fourth-order valence-electron chi connectivity index (χ4n) is 5.60. The van der Waals surface area contributed by atoms with Crippen LogP contribution in [0.5, 0.6) is 5.75 Å². The highest BCUT2D eigenvalue weighted by Gasteiger charge is 2.37. The predicted molar refractivity (Wildman–Crippen MR) is 154 cm³/mol. The van der Waals surface area contributed by atoms with Gasteiger partial charge in [-0.25, -0.2) is 13.2 Å². The Morgan fingerprint density at radius 3 is 2.46 bits per heavy atom. The van der Waals surface area contributed by atoms with Gasteiger partial charge in [-0.2, -0.15) is 0 Å². The molecule has 0 aliphatic carbocycles. The van der Waals surface area contributed by atoms with Crippen LogP contribution in [0.4, 0.5) is 18.9 Å². The van der Waals surface area contributed by atoms with Gasteiger partial charge in [0, 0.05) is 42.2 Å². The van der Waals surface area contributed by atoms with Crippen LogP contribution in [0.2, 0.25) is 0 Å². The van der Waals surface area contributed by atoms with Crippen LogP contribution >= 0.6 is 11.8 Å². The molecule has 0 radical (unpaired) electrons. The largest absolute Gasteiger partial charge is 0.497 e. The second-order valence-corrected chi connectivity index (χ2v) is 12.0. The molecule has 1 aromatic heterocycles. The number of fused-ring (bicyclic) bond motifs is 1. The lowest BCUT2D eigenvalue weighted by Crippen LogP contribution is -2.42. The van der Waals surface area contributed by atoms with E-state index in [-0.39, 0.29) is 6.42 Å². The Labute approximate surface area is 242 Å². The number of rotatable bonds is 12. The van der Waals surface area contributed by atoms with Crippen molar-refractivity contribution in [1.82, 2.24) is 9.88 Å². The molecule has 0 unspecified atom stereocenters. The number of pyridine rings is 1. The maximum atomic E-state index is 13.5. The van der Waals surface area contributed by atoms with Crippen LogP contribution in [0.15, 0.2) is 41.4 Å². The summed E-state index contributed by atoms with van der Waals surface area (Å²) in [5.41, 5.74) is 1.81. The molecule has 0 spiro atoms. The molecule has 1 atom stereocenters. The normalized spacial score (nSPS) is 16.1. The molecule has 4 rings (SSSR count). The minimum atomic E-state index is -1.47. The molecule has 1 saturated heterocycles. The first-order chi connectivity index (χ1) is 19.5. The molecule has 2 aromatic carbocycles. The number of benzene rings is 2. The monoisotopic (exact) mass is 591 g/mol. The van der Waals surface area contributed by atoms with Crippen molar-refractivity contribution in [3.05, 3.63) is 59.5 Å². The topological polar surface area (TPSA) is 86.1 Å². The van der Waals surface area contributed by atoms with Crippen molar-refractivity contribution in [2.45, 2.75) is 43.1 Å². The summed E-state index contributed by atoms with van der Waals surface area (Å²) in [6, 6.07) is 7.53. The number of ether oxygens (including phenoxy) is 1. The van der Waals surface area contributed by atoms with Crippen LogP contribution in [0.1, 0.15) is 43.8 Å². The Hall–Kier alpha value is -3.02. The van der Waals surface area contributed by atoms with E-state index in [1.165, 1.54) is 11.8 Å². The zero-order chi connectivity index (χ0) is 29.7. The number of anilines is 1. The minimum absolute atomic E-state index is 0.0158. The number of nitrogens with zero attached hydrogens (tertiary/aromatic N) is 3. The summed E-state index contributed by atoms with van der Waals surface area (Å²) in [5, 5.41) is 22.0. The van der Waals surface area contributed by atoms with Gasteiger partial charge in [0.05, 0.1) is 37.0 Å². The number of carbonyl (C=O) groups is 1. The van der Waals surface area contributed by atoms with Crippen LogP contribution in [-0.2, 0) is 4.79 Å². The van der Waals surface area contributed by atoms with Gasteiger partial charge < -0.3 is 24.7 Å². The van der Waals surface area contributed by atoms with E-state index in [0.717, 1.165) is 34.3 Å². The van der Waals surface area contributed by atoms with Crippen LogP contribution < -0.4 is 9.64 Å². The number of aliphatic hydroxyl groups excluding tert-OH is 1. The quantitative estimate of drug-likeness (QED) is 0.199. The van der Waals surface area contributed by atoms with E-state index in [2.05, 4.69) is 9.88 Å². The van der Waals surface area contributed by atoms with Crippen LogP contribution in [0.3, 0.4) is 0 Å². The van der Waals surface area contributed by atoms with E-state index in [1.807, 2.05) is 37.2 Å². The maximum Gasteiger partial charge on any atom is 0.303 e. The maximum absolute atomic E-state index is 13.5. The van der Waals surface area contributed by atoms with Crippen molar-refractivity contribution >= 4 is 34.3 Å². The molecule has 1 fully saturated rings.